The number of morpholine rings is 1. The second kappa shape index (κ2) is 7.76. The highest BCUT2D eigenvalue weighted by atomic mass is 79.9. The van der Waals surface area contributed by atoms with Crippen molar-refractivity contribution in [2.24, 2.45) is 0 Å². The summed E-state index contributed by atoms with van der Waals surface area (Å²) in [6.45, 7) is 4.95. The van der Waals surface area contributed by atoms with E-state index in [0.29, 0.717) is 39.3 Å². The van der Waals surface area contributed by atoms with Gasteiger partial charge < -0.3 is 14.4 Å². The van der Waals surface area contributed by atoms with Crippen molar-refractivity contribution in [3.63, 3.8) is 0 Å². The van der Waals surface area contributed by atoms with Crippen LogP contribution in [0, 0.1) is 0 Å². The van der Waals surface area contributed by atoms with Crippen molar-refractivity contribution in [1.29, 1.82) is 0 Å². The van der Waals surface area contributed by atoms with Crippen LogP contribution in [0.1, 0.15) is 25.0 Å². The SMILES string of the molecule is CCOCCC(=O)N1CCO[C@@H](c2ccc(Br)cc2)C1. The Balaban J connectivity index is 1.91. The minimum Gasteiger partial charge on any atom is -0.381 e. The molecule has 0 saturated carbocycles. The number of rotatable bonds is 5. The van der Waals surface area contributed by atoms with Crippen LogP contribution in [0.4, 0.5) is 0 Å². The molecule has 0 spiro atoms. The van der Waals surface area contributed by atoms with Crippen LogP contribution in [0.5, 0.6) is 0 Å². The molecule has 0 aromatic heterocycles. The second-order valence-electron chi connectivity index (χ2n) is 4.70. The summed E-state index contributed by atoms with van der Waals surface area (Å²) in [7, 11) is 0. The Labute approximate surface area is 128 Å². The zero-order valence-electron chi connectivity index (χ0n) is 11.7. The van der Waals surface area contributed by atoms with Gasteiger partial charge in [0.25, 0.3) is 0 Å². The third-order valence-corrected chi connectivity index (χ3v) is 3.85. The Kier molecular flexibility index (Phi) is 6.01. The highest BCUT2D eigenvalue weighted by Crippen LogP contribution is 2.24. The van der Waals surface area contributed by atoms with Crippen LogP contribution >= 0.6 is 15.9 Å². The van der Waals surface area contributed by atoms with Crippen molar-refractivity contribution in [2.75, 3.05) is 32.9 Å². The largest absolute Gasteiger partial charge is 0.381 e. The number of ether oxygens (including phenoxy) is 2. The standard InChI is InChI=1S/C15H20BrNO3/c1-2-19-9-7-15(18)17-8-10-20-14(11-17)12-3-5-13(16)6-4-12/h3-6,14H,2,7-11H2,1H3/t14-/m1/s1. The molecule has 1 aromatic rings. The molecule has 0 unspecified atom stereocenters. The number of carbonyl (C=O) groups is 1. The van der Waals surface area contributed by atoms with Gasteiger partial charge in [0.15, 0.2) is 0 Å². The lowest BCUT2D eigenvalue weighted by Gasteiger charge is -2.33. The van der Waals surface area contributed by atoms with Crippen molar-refractivity contribution < 1.29 is 14.3 Å². The van der Waals surface area contributed by atoms with Gasteiger partial charge >= 0.3 is 0 Å². The Morgan fingerprint density at radius 1 is 1.45 bits per heavy atom. The molecule has 2 rings (SSSR count). The molecular weight excluding hydrogens is 322 g/mol. The molecule has 4 nitrogen and oxygen atoms in total. The highest BCUT2D eigenvalue weighted by Gasteiger charge is 2.24. The van der Waals surface area contributed by atoms with Crippen molar-refractivity contribution >= 4 is 21.8 Å². The van der Waals surface area contributed by atoms with Crippen LogP contribution in [-0.2, 0) is 14.3 Å². The van der Waals surface area contributed by atoms with E-state index in [1.807, 2.05) is 36.1 Å². The molecule has 1 saturated heterocycles. The molecular formula is C15H20BrNO3. The summed E-state index contributed by atoms with van der Waals surface area (Å²) in [5.41, 5.74) is 1.11. The lowest BCUT2D eigenvalue weighted by Crippen LogP contribution is -2.42. The maximum absolute atomic E-state index is 12.1. The molecule has 0 N–H and O–H groups in total. The maximum Gasteiger partial charge on any atom is 0.225 e. The van der Waals surface area contributed by atoms with Crippen molar-refractivity contribution in [3.8, 4) is 0 Å². The zero-order chi connectivity index (χ0) is 14.4. The summed E-state index contributed by atoms with van der Waals surface area (Å²) >= 11 is 3.42. The van der Waals surface area contributed by atoms with Gasteiger partial charge in [-0.25, -0.2) is 0 Å². The fourth-order valence-corrected chi connectivity index (χ4v) is 2.48. The third-order valence-electron chi connectivity index (χ3n) is 3.33. The average molecular weight is 342 g/mol. The van der Waals surface area contributed by atoms with Gasteiger partial charge in [0, 0.05) is 17.6 Å². The molecule has 0 bridgehead atoms. The summed E-state index contributed by atoms with van der Waals surface area (Å²) in [6.07, 6.45) is 0.411. The molecule has 5 heteroatoms. The van der Waals surface area contributed by atoms with E-state index in [1.165, 1.54) is 0 Å². The van der Waals surface area contributed by atoms with Gasteiger partial charge in [-0.3, -0.25) is 4.79 Å². The molecule has 110 valence electrons. The van der Waals surface area contributed by atoms with E-state index in [-0.39, 0.29) is 12.0 Å². The van der Waals surface area contributed by atoms with E-state index in [2.05, 4.69) is 15.9 Å². The molecule has 1 aromatic carbocycles. The third kappa shape index (κ3) is 4.30. The lowest BCUT2D eigenvalue weighted by molar-refractivity contribution is -0.140. The van der Waals surface area contributed by atoms with Gasteiger partial charge in [0.05, 0.1) is 26.2 Å². The number of amides is 1. The smallest absolute Gasteiger partial charge is 0.225 e. The van der Waals surface area contributed by atoms with Gasteiger partial charge in [-0.05, 0) is 24.6 Å². The number of carbonyl (C=O) groups excluding carboxylic acids is 1. The lowest BCUT2D eigenvalue weighted by atomic mass is 10.1. The normalized spacial score (nSPS) is 19.1. The Morgan fingerprint density at radius 2 is 2.20 bits per heavy atom. The average Bonchev–Trinajstić information content (AvgIpc) is 2.48. The summed E-state index contributed by atoms with van der Waals surface area (Å²) in [6, 6.07) is 8.05. The van der Waals surface area contributed by atoms with E-state index in [4.69, 9.17) is 9.47 Å². The van der Waals surface area contributed by atoms with Gasteiger partial charge in [-0.2, -0.15) is 0 Å². The first kappa shape index (κ1) is 15.5. The van der Waals surface area contributed by atoms with Crippen LogP contribution < -0.4 is 0 Å². The fourth-order valence-electron chi connectivity index (χ4n) is 2.22. The van der Waals surface area contributed by atoms with Crippen LogP contribution in [0.25, 0.3) is 0 Å². The first-order chi connectivity index (χ1) is 9.70. The minimum atomic E-state index is -0.0344. The molecule has 0 radical (unpaired) electrons. The summed E-state index contributed by atoms with van der Waals surface area (Å²) in [5.74, 6) is 0.142. The predicted molar refractivity (Wildman–Crippen MR) is 80.5 cm³/mol. The Hall–Kier alpha value is -0.910. The van der Waals surface area contributed by atoms with Gasteiger partial charge in [0.1, 0.15) is 6.10 Å². The van der Waals surface area contributed by atoms with E-state index in [0.717, 1.165) is 10.0 Å². The molecule has 1 amide bonds. The topological polar surface area (TPSA) is 38.8 Å². The van der Waals surface area contributed by atoms with Crippen LogP contribution in [0.15, 0.2) is 28.7 Å². The van der Waals surface area contributed by atoms with Crippen LogP contribution in [0.2, 0.25) is 0 Å². The predicted octanol–water partition coefficient (Wildman–Crippen LogP) is 2.78. The molecule has 1 atom stereocenters. The summed E-state index contributed by atoms with van der Waals surface area (Å²) in [4.78, 5) is 14.0. The van der Waals surface area contributed by atoms with Crippen molar-refractivity contribution in [1.82, 2.24) is 4.90 Å². The van der Waals surface area contributed by atoms with Gasteiger partial charge in [-0.15, -0.1) is 0 Å². The van der Waals surface area contributed by atoms with Crippen molar-refractivity contribution in [3.05, 3.63) is 34.3 Å². The highest BCUT2D eigenvalue weighted by molar-refractivity contribution is 9.10. The number of benzene rings is 1. The van der Waals surface area contributed by atoms with E-state index in [9.17, 15) is 4.79 Å². The van der Waals surface area contributed by atoms with E-state index < -0.39 is 0 Å². The molecule has 1 aliphatic heterocycles. The van der Waals surface area contributed by atoms with E-state index in [1.54, 1.807) is 0 Å². The molecule has 1 aliphatic rings. The monoisotopic (exact) mass is 341 g/mol. The van der Waals surface area contributed by atoms with Crippen molar-refractivity contribution in [2.45, 2.75) is 19.4 Å². The number of halogens is 1. The Morgan fingerprint density at radius 3 is 2.90 bits per heavy atom. The molecule has 1 fully saturated rings. The first-order valence-electron chi connectivity index (χ1n) is 6.93. The van der Waals surface area contributed by atoms with Gasteiger partial charge in [0.2, 0.25) is 5.91 Å². The number of nitrogens with zero attached hydrogens (tertiary/aromatic N) is 1. The van der Waals surface area contributed by atoms with Crippen LogP contribution in [-0.4, -0.2) is 43.7 Å². The molecule has 20 heavy (non-hydrogen) atoms. The maximum atomic E-state index is 12.1. The van der Waals surface area contributed by atoms with E-state index >= 15 is 0 Å². The van der Waals surface area contributed by atoms with Crippen LogP contribution in [0.3, 0.4) is 0 Å². The first-order valence-corrected chi connectivity index (χ1v) is 7.72. The zero-order valence-corrected chi connectivity index (χ0v) is 13.3. The number of hydrogen-bond acceptors (Lipinski definition) is 3. The van der Waals surface area contributed by atoms with Gasteiger partial charge in [-0.1, -0.05) is 28.1 Å². The fraction of sp³-hybridized carbons (Fsp3) is 0.533. The molecule has 1 heterocycles. The summed E-state index contributed by atoms with van der Waals surface area (Å²) in [5, 5.41) is 0. The second-order valence-corrected chi connectivity index (χ2v) is 5.61. The summed E-state index contributed by atoms with van der Waals surface area (Å²) < 4.78 is 12.0. The molecule has 0 aliphatic carbocycles. The number of hydrogen-bond donors (Lipinski definition) is 0. The quantitative estimate of drug-likeness (QED) is 0.773. The Bertz CT molecular complexity index is 435. The minimum absolute atomic E-state index is 0.0344.